The Hall–Kier alpha value is -1.97. The summed E-state index contributed by atoms with van der Waals surface area (Å²) in [6, 6.07) is 7.98. The molecule has 0 N–H and O–H groups in total. The molecule has 0 saturated carbocycles. The molecule has 0 spiro atoms. The van der Waals surface area contributed by atoms with Gasteiger partial charge in [0, 0.05) is 12.1 Å². The Morgan fingerprint density at radius 3 is 2.56 bits per heavy atom. The fraction of sp³-hybridized carbons (Fsp3) is 0.250. The molecule has 2 aromatic rings. The number of hydrogen-bond donors (Lipinski definition) is 0. The van der Waals surface area contributed by atoms with Gasteiger partial charge in [-0.2, -0.15) is 0 Å². The third-order valence-corrected chi connectivity index (χ3v) is 2.50. The van der Waals surface area contributed by atoms with E-state index in [4.69, 9.17) is 0 Å². The van der Waals surface area contributed by atoms with Gasteiger partial charge < -0.3 is 0 Å². The fourth-order valence-corrected chi connectivity index (χ4v) is 1.64. The summed E-state index contributed by atoms with van der Waals surface area (Å²) in [5.41, 5.74) is 3.34. The lowest BCUT2D eigenvalue weighted by atomic mass is 10.1. The molecular formula is C12H13N3O. The van der Waals surface area contributed by atoms with Gasteiger partial charge in [0.2, 0.25) is 0 Å². The van der Waals surface area contributed by atoms with E-state index in [9.17, 15) is 4.79 Å². The van der Waals surface area contributed by atoms with E-state index in [-0.39, 0.29) is 0 Å². The second-order valence-corrected chi connectivity index (χ2v) is 3.62. The van der Waals surface area contributed by atoms with Gasteiger partial charge in [-0.15, -0.1) is 5.10 Å². The van der Waals surface area contributed by atoms with Crippen molar-refractivity contribution in [2.24, 2.45) is 0 Å². The van der Waals surface area contributed by atoms with Crippen LogP contribution >= 0.6 is 0 Å². The van der Waals surface area contributed by atoms with Gasteiger partial charge in [0.05, 0.1) is 5.69 Å². The fourth-order valence-electron chi connectivity index (χ4n) is 1.64. The first kappa shape index (κ1) is 10.5. The van der Waals surface area contributed by atoms with E-state index in [1.54, 1.807) is 4.68 Å². The topological polar surface area (TPSA) is 47.8 Å². The van der Waals surface area contributed by atoms with Gasteiger partial charge in [0.1, 0.15) is 0 Å². The second kappa shape index (κ2) is 4.26. The minimum Gasteiger partial charge on any atom is -0.296 e. The molecule has 0 atom stereocenters. The molecule has 1 heterocycles. The Morgan fingerprint density at radius 1 is 1.31 bits per heavy atom. The summed E-state index contributed by atoms with van der Waals surface area (Å²) in [7, 11) is 0. The molecule has 0 radical (unpaired) electrons. The van der Waals surface area contributed by atoms with Gasteiger partial charge in [0.15, 0.2) is 12.0 Å². The average molecular weight is 215 g/mol. The lowest BCUT2D eigenvalue weighted by Gasteiger charge is -2.04. The summed E-state index contributed by atoms with van der Waals surface area (Å²) in [6.07, 6.45) is 0.744. The van der Waals surface area contributed by atoms with Gasteiger partial charge in [-0.05, 0) is 13.8 Å². The summed E-state index contributed by atoms with van der Waals surface area (Å²) in [5, 5.41) is 7.79. The highest BCUT2D eigenvalue weighted by molar-refractivity contribution is 5.83. The summed E-state index contributed by atoms with van der Waals surface area (Å²) in [5.74, 6) is 0. The summed E-state index contributed by atoms with van der Waals surface area (Å²) in [4.78, 5) is 10.9. The molecule has 1 aromatic heterocycles. The van der Waals surface area contributed by atoms with Crippen LogP contribution in [0, 0.1) is 6.92 Å². The van der Waals surface area contributed by atoms with E-state index in [1.165, 1.54) is 5.56 Å². The Morgan fingerprint density at radius 2 is 2.00 bits per heavy atom. The first-order valence-corrected chi connectivity index (χ1v) is 5.22. The number of aryl methyl sites for hydroxylation is 2. The van der Waals surface area contributed by atoms with Crippen molar-refractivity contribution < 1.29 is 4.79 Å². The predicted molar refractivity (Wildman–Crippen MR) is 61.3 cm³/mol. The molecule has 0 amide bonds. The van der Waals surface area contributed by atoms with E-state index in [0.717, 1.165) is 17.5 Å². The van der Waals surface area contributed by atoms with Crippen molar-refractivity contribution in [2.45, 2.75) is 20.4 Å². The van der Waals surface area contributed by atoms with Gasteiger partial charge >= 0.3 is 0 Å². The Labute approximate surface area is 93.9 Å². The maximum absolute atomic E-state index is 10.9. The Balaban J connectivity index is 2.57. The molecule has 0 unspecified atom stereocenters. The lowest BCUT2D eigenvalue weighted by molar-refractivity contribution is 0.111. The van der Waals surface area contributed by atoms with Crippen molar-refractivity contribution in [2.75, 3.05) is 0 Å². The molecule has 4 nitrogen and oxygen atoms in total. The van der Waals surface area contributed by atoms with Crippen LogP contribution in [0.15, 0.2) is 24.3 Å². The highest BCUT2D eigenvalue weighted by Crippen LogP contribution is 2.21. The molecule has 0 bridgehead atoms. The third-order valence-electron chi connectivity index (χ3n) is 2.50. The zero-order valence-corrected chi connectivity index (χ0v) is 9.34. The SMILES string of the molecule is CCn1nnc(C=O)c1-c1ccc(C)cc1. The molecule has 0 saturated heterocycles. The molecule has 82 valence electrons. The maximum Gasteiger partial charge on any atom is 0.172 e. The van der Waals surface area contributed by atoms with Crippen molar-refractivity contribution in [3.8, 4) is 11.3 Å². The van der Waals surface area contributed by atoms with Crippen molar-refractivity contribution in [1.82, 2.24) is 15.0 Å². The summed E-state index contributed by atoms with van der Waals surface area (Å²) < 4.78 is 1.73. The smallest absolute Gasteiger partial charge is 0.172 e. The molecule has 0 aliphatic carbocycles. The average Bonchev–Trinajstić information content (AvgIpc) is 2.73. The molecule has 0 aliphatic rings. The van der Waals surface area contributed by atoms with Crippen LogP contribution in [0.5, 0.6) is 0 Å². The van der Waals surface area contributed by atoms with Gasteiger partial charge in [-0.3, -0.25) is 4.79 Å². The summed E-state index contributed by atoms with van der Waals surface area (Å²) in [6.45, 7) is 4.70. The Kier molecular flexibility index (Phi) is 2.81. The van der Waals surface area contributed by atoms with Gasteiger partial charge in [0.25, 0.3) is 0 Å². The van der Waals surface area contributed by atoms with Crippen LogP contribution in [0.4, 0.5) is 0 Å². The molecule has 1 aromatic carbocycles. The zero-order valence-electron chi connectivity index (χ0n) is 9.34. The first-order valence-electron chi connectivity index (χ1n) is 5.22. The normalized spacial score (nSPS) is 10.4. The largest absolute Gasteiger partial charge is 0.296 e. The predicted octanol–water partition coefficient (Wildman–Crippen LogP) is 2.09. The maximum atomic E-state index is 10.9. The van der Waals surface area contributed by atoms with Gasteiger partial charge in [-0.1, -0.05) is 35.0 Å². The number of benzene rings is 1. The van der Waals surface area contributed by atoms with Crippen LogP contribution in [-0.2, 0) is 6.54 Å². The first-order chi connectivity index (χ1) is 7.76. The minimum atomic E-state index is 0.394. The minimum absolute atomic E-state index is 0.394. The third kappa shape index (κ3) is 1.74. The van der Waals surface area contributed by atoms with Crippen molar-refractivity contribution in [3.05, 3.63) is 35.5 Å². The molecule has 16 heavy (non-hydrogen) atoms. The molecule has 0 aliphatic heterocycles. The highest BCUT2D eigenvalue weighted by Gasteiger charge is 2.12. The van der Waals surface area contributed by atoms with Gasteiger partial charge in [-0.25, -0.2) is 4.68 Å². The lowest BCUT2D eigenvalue weighted by Crippen LogP contribution is -2.00. The van der Waals surface area contributed by atoms with Crippen LogP contribution in [0.2, 0.25) is 0 Å². The number of carbonyl (C=O) groups is 1. The monoisotopic (exact) mass is 215 g/mol. The van der Waals surface area contributed by atoms with Crippen molar-refractivity contribution in [1.29, 1.82) is 0 Å². The summed E-state index contributed by atoms with van der Waals surface area (Å²) >= 11 is 0. The highest BCUT2D eigenvalue weighted by atomic mass is 16.1. The van der Waals surface area contributed by atoms with Crippen LogP contribution in [0.1, 0.15) is 23.0 Å². The number of carbonyl (C=O) groups excluding carboxylic acids is 1. The van der Waals surface area contributed by atoms with E-state index in [2.05, 4.69) is 10.3 Å². The van der Waals surface area contributed by atoms with Crippen LogP contribution in [-0.4, -0.2) is 21.3 Å². The molecule has 0 fully saturated rings. The quantitative estimate of drug-likeness (QED) is 0.736. The molecule has 2 rings (SSSR count). The van der Waals surface area contributed by atoms with Crippen molar-refractivity contribution >= 4 is 6.29 Å². The van der Waals surface area contributed by atoms with E-state index in [0.29, 0.717) is 12.2 Å². The Bertz CT molecular complexity index is 499. The van der Waals surface area contributed by atoms with Crippen LogP contribution < -0.4 is 0 Å². The number of rotatable bonds is 3. The van der Waals surface area contributed by atoms with Crippen LogP contribution in [0.25, 0.3) is 11.3 Å². The number of aromatic nitrogens is 3. The number of hydrogen-bond acceptors (Lipinski definition) is 3. The standard InChI is InChI=1S/C12H13N3O/c1-3-15-12(11(8-16)13-14-15)10-6-4-9(2)5-7-10/h4-8H,3H2,1-2H3. The zero-order chi connectivity index (χ0) is 11.5. The number of nitrogens with zero attached hydrogens (tertiary/aromatic N) is 3. The van der Waals surface area contributed by atoms with Crippen LogP contribution in [0.3, 0.4) is 0 Å². The van der Waals surface area contributed by atoms with E-state index >= 15 is 0 Å². The van der Waals surface area contributed by atoms with E-state index in [1.807, 2.05) is 38.1 Å². The van der Waals surface area contributed by atoms with Crippen molar-refractivity contribution in [3.63, 3.8) is 0 Å². The molecular weight excluding hydrogens is 202 g/mol. The second-order valence-electron chi connectivity index (χ2n) is 3.62. The number of aldehydes is 1. The molecule has 4 heteroatoms. The van der Waals surface area contributed by atoms with E-state index < -0.39 is 0 Å².